The lowest BCUT2D eigenvalue weighted by Crippen LogP contribution is -1.96. The lowest BCUT2D eigenvalue weighted by atomic mass is 10.3. The highest BCUT2D eigenvalue weighted by Crippen LogP contribution is 2.27. The third-order valence-corrected chi connectivity index (χ3v) is 1.68. The van der Waals surface area contributed by atoms with Crippen molar-refractivity contribution in [2.75, 3.05) is 12.3 Å². The Kier molecular flexibility index (Phi) is 2.76. The number of hydrogen-bond acceptors (Lipinski definition) is 2. The summed E-state index contributed by atoms with van der Waals surface area (Å²) in [5.41, 5.74) is 5.76. The van der Waals surface area contributed by atoms with E-state index in [1.807, 2.05) is 0 Å². The number of nitrogen functional groups attached to an aromatic ring is 1. The van der Waals surface area contributed by atoms with Crippen LogP contribution in [0, 0.1) is 5.82 Å². The zero-order valence-electron chi connectivity index (χ0n) is 6.60. The molecule has 0 atom stereocenters. The fourth-order valence-corrected chi connectivity index (χ4v) is 0.961. The number of hydrogen-bond donors (Lipinski definition) is 1. The minimum atomic E-state index is -0.490. The maximum Gasteiger partial charge on any atom is 0.166 e. The zero-order valence-corrected chi connectivity index (χ0v) is 7.36. The number of benzene rings is 1. The van der Waals surface area contributed by atoms with Gasteiger partial charge in [-0.15, -0.1) is 0 Å². The number of rotatable bonds is 2. The summed E-state index contributed by atoms with van der Waals surface area (Å²) in [7, 11) is 0. The molecule has 1 aromatic carbocycles. The average molecular weight is 190 g/mol. The monoisotopic (exact) mass is 189 g/mol. The van der Waals surface area contributed by atoms with E-state index in [1.165, 1.54) is 6.07 Å². The maximum atomic E-state index is 13.0. The molecule has 4 heteroatoms. The highest BCUT2D eigenvalue weighted by Gasteiger charge is 2.06. The third kappa shape index (κ3) is 1.80. The van der Waals surface area contributed by atoms with Gasteiger partial charge in [0.05, 0.1) is 17.3 Å². The van der Waals surface area contributed by atoms with Crippen molar-refractivity contribution in [2.45, 2.75) is 6.92 Å². The highest BCUT2D eigenvalue weighted by molar-refractivity contribution is 6.33. The number of halogens is 2. The van der Waals surface area contributed by atoms with E-state index in [9.17, 15) is 4.39 Å². The molecule has 0 aromatic heterocycles. The first kappa shape index (κ1) is 9.13. The van der Waals surface area contributed by atoms with Gasteiger partial charge in [-0.3, -0.25) is 0 Å². The molecule has 1 rings (SSSR count). The van der Waals surface area contributed by atoms with Crippen LogP contribution in [0.4, 0.5) is 10.1 Å². The lowest BCUT2D eigenvalue weighted by molar-refractivity contribution is 0.322. The smallest absolute Gasteiger partial charge is 0.166 e. The van der Waals surface area contributed by atoms with Gasteiger partial charge in [-0.1, -0.05) is 11.6 Å². The van der Waals surface area contributed by atoms with E-state index in [2.05, 4.69) is 0 Å². The molecule has 12 heavy (non-hydrogen) atoms. The second-order valence-electron chi connectivity index (χ2n) is 2.24. The van der Waals surface area contributed by atoms with Gasteiger partial charge in [-0.2, -0.15) is 0 Å². The van der Waals surface area contributed by atoms with Crippen molar-refractivity contribution in [3.8, 4) is 5.75 Å². The Balaban J connectivity index is 3.05. The van der Waals surface area contributed by atoms with Crippen molar-refractivity contribution in [2.24, 2.45) is 0 Å². The van der Waals surface area contributed by atoms with E-state index in [1.54, 1.807) is 6.92 Å². The summed E-state index contributed by atoms with van der Waals surface area (Å²) in [5.74, 6) is -0.351. The van der Waals surface area contributed by atoms with Crippen molar-refractivity contribution in [1.82, 2.24) is 0 Å². The van der Waals surface area contributed by atoms with Crippen LogP contribution in [0.15, 0.2) is 12.1 Å². The van der Waals surface area contributed by atoms with E-state index in [4.69, 9.17) is 22.1 Å². The zero-order chi connectivity index (χ0) is 9.14. The normalized spacial score (nSPS) is 9.92. The SMILES string of the molecule is CCOc1cc(N)c(Cl)cc1F. The predicted octanol–water partition coefficient (Wildman–Crippen LogP) is 2.46. The van der Waals surface area contributed by atoms with E-state index in [-0.39, 0.29) is 10.8 Å². The first-order valence-corrected chi connectivity index (χ1v) is 3.90. The van der Waals surface area contributed by atoms with Gasteiger partial charge >= 0.3 is 0 Å². The van der Waals surface area contributed by atoms with E-state index < -0.39 is 5.82 Å². The first-order chi connectivity index (χ1) is 5.65. The molecule has 0 saturated heterocycles. The summed E-state index contributed by atoms with van der Waals surface area (Å²) in [4.78, 5) is 0. The molecule has 0 saturated carbocycles. The van der Waals surface area contributed by atoms with Crippen LogP contribution in [0.5, 0.6) is 5.75 Å². The minimum Gasteiger partial charge on any atom is -0.491 e. The molecule has 2 nitrogen and oxygen atoms in total. The van der Waals surface area contributed by atoms with Crippen molar-refractivity contribution < 1.29 is 9.13 Å². The van der Waals surface area contributed by atoms with E-state index >= 15 is 0 Å². The Morgan fingerprint density at radius 2 is 2.25 bits per heavy atom. The van der Waals surface area contributed by atoms with Crippen molar-refractivity contribution >= 4 is 17.3 Å². The van der Waals surface area contributed by atoms with Crippen LogP contribution in [0.25, 0.3) is 0 Å². The topological polar surface area (TPSA) is 35.2 Å². The summed E-state index contributed by atoms with van der Waals surface area (Å²) in [6.07, 6.45) is 0. The van der Waals surface area contributed by atoms with Gasteiger partial charge in [-0.05, 0) is 13.0 Å². The Bertz CT molecular complexity index is 291. The van der Waals surface area contributed by atoms with Gasteiger partial charge in [0.15, 0.2) is 11.6 Å². The fraction of sp³-hybridized carbons (Fsp3) is 0.250. The number of anilines is 1. The largest absolute Gasteiger partial charge is 0.491 e. The van der Waals surface area contributed by atoms with Crippen LogP contribution in [-0.2, 0) is 0 Å². The number of nitrogens with two attached hydrogens (primary N) is 1. The molecule has 66 valence electrons. The molecule has 1 aromatic rings. The van der Waals surface area contributed by atoms with E-state index in [0.29, 0.717) is 12.3 Å². The molecule has 0 amide bonds. The molecule has 0 aliphatic carbocycles. The van der Waals surface area contributed by atoms with Crippen LogP contribution in [0.1, 0.15) is 6.92 Å². The van der Waals surface area contributed by atoms with Crippen LogP contribution in [0.3, 0.4) is 0 Å². The Hall–Kier alpha value is -0.960. The van der Waals surface area contributed by atoms with Crippen molar-refractivity contribution in [3.63, 3.8) is 0 Å². The first-order valence-electron chi connectivity index (χ1n) is 3.52. The van der Waals surface area contributed by atoms with Gasteiger partial charge in [-0.25, -0.2) is 4.39 Å². The summed E-state index contributed by atoms with van der Waals surface area (Å²) in [6.45, 7) is 2.17. The Labute approximate surface area is 75.1 Å². The van der Waals surface area contributed by atoms with Gasteiger partial charge in [0, 0.05) is 6.07 Å². The highest BCUT2D eigenvalue weighted by atomic mass is 35.5. The minimum absolute atomic E-state index is 0.138. The van der Waals surface area contributed by atoms with Crippen molar-refractivity contribution in [1.29, 1.82) is 0 Å². The molecule has 0 bridgehead atoms. The standard InChI is InChI=1S/C8H9ClFNO/c1-2-12-8-4-7(11)5(9)3-6(8)10/h3-4H,2,11H2,1H3. The molecular formula is C8H9ClFNO. The summed E-state index contributed by atoms with van der Waals surface area (Å²) in [6, 6.07) is 2.52. The van der Waals surface area contributed by atoms with Crippen LogP contribution >= 0.6 is 11.6 Å². The molecule has 0 radical (unpaired) electrons. The molecule has 0 heterocycles. The average Bonchev–Trinajstić information content (AvgIpc) is 2.01. The van der Waals surface area contributed by atoms with Crippen LogP contribution < -0.4 is 10.5 Å². The van der Waals surface area contributed by atoms with Gasteiger partial charge in [0.25, 0.3) is 0 Å². The van der Waals surface area contributed by atoms with Crippen molar-refractivity contribution in [3.05, 3.63) is 23.0 Å². The van der Waals surface area contributed by atoms with Crippen LogP contribution in [-0.4, -0.2) is 6.61 Å². The molecule has 2 N–H and O–H groups in total. The molecule has 0 aliphatic heterocycles. The van der Waals surface area contributed by atoms with Gasteiger partial charge in [0.2, 0.25) is 0 Å². The molecule has 0 fully saturated rings. The lowest BCUT2D eigenvalue weighted by Gasteiger charge is -2.05. The molecular weight excluding hydrogens is 181 g/mol. The molecule has 0 aliphatic rings. The van der Waals surface area contributed by atoms with E-state index in [0.717, 1.165) is 6.07 Å². The molecule has 0 unspecified atom stereocenters. The Morgan fingerprint density at radius 1 is 1.58 bits per heavy atom. The predicted molar refractivity (Wildman–Crippen MR) is 47.0 cm³/mol. The fourth-order valence-electron chi connectivity index (χ4n) is 0.811. The Morgan fingerprint density at radius 3 is 2.83 bits per heavy atom. The van der Waals surface area contributed by atoms with Crippen LogP contribution in [0.2, 0.25) is 5.02 Å². The summed E-state index contributed by atoms with van der Waals surface area (Å²) in [5, 5.41) is 0.205. The molecule has 0 spiro atoms. The maximum absolute atomic E-state index is 13.0. The third-order valence-electron chi connectivity index (χ3n) is 1.35. The quantitative estimate of drug-likeness (QED) is 0.726. The summed E-state index contributed by atoms with van der Waals surface area (Å²) < 4.78 is 17.9. The second-order valence-corrected chi connectivity index (χ2v) is 2.64. The summed E-state index contributed by atoms with van der Waals surface area (Å²) >= 11 is 5.57. The van der Waals surface area contributed by atoms with Gasteiger partial charge < -0.3 is 10.5 Å². The van der Waals surface area contributed by atoms with Gasteiger partial charge in [0.1, 0.15) is 0 Å². The second kappa shape index (κ2) is 3.63. The number of ether oxygens (including phenoxy) is 1.